The van der Waals surface area contributed by atoms with Crippen LogP contribution in [-0.4, -0.2) is 41.5 Å². The van der Waals surface area contributed by atoms with Gasteiger partial charge in [-0.05, 0) is 25.1 Å². The minimum atomic E-state index is 0.0517. The molecule has 0 spiro atoms. The zero-order chi connectivity index (χ0) is 15.1. The maximum atomic E-state index is 12.6. The number of hydrogen-bond donors (Lipinski definition) is 0. The molecule has 112 valence electrons. The Bertz CT molecular complexity index is 802. The first-order valence-electron chi connectivity index (χ1n) is 7.33. The summed E-state index contributed by atoms with van der Waals surface area (Å²) in [7, 11) is 0. The fraction of sp³-hybridized carbons (Fsp3) is 0.333. The van der Waals surface area contributed by atoms with Gasteiger partial charge in [-0.25, -0.2) is 9.50 Å². The Balaban J connectivity index is 1.55. The Hall–Kier alpha value is -2.70. The second-order valence-corrected chi connectivity index (χ2v) is 5.46. The maximum absolute atomic E-state index is 12.6. The molecule has 3 aromatic heterocycles. The van der Waals surface area contributed by atoms with Gasteiger partial charge in [0.15, 0.2) is 5.82 Å². The van der Waals surface area contributed by atoms with Crippen molar-refractivity contribution >= 4 is 11.7 Å². The highest BCUT2D eigenvalue weighted by atomic mass is 16.2. The van der Waals surface area contributed by atoms with E-state index in [9.17, 15) is 4.79 Å². The molecule has 0 N–H and O–H groups in total. The van der Waals surface area contributed by atoms with Crippen LogP contribution in [0, 0.1) is 0 Å². The van der Waals surface area contributed by atoms with E-state index in [1.54, 1.807) is 23.0 Å². The van der Waals surface area contributed by atoms with Crippen LogP contribution in [-0.2, 0) is 17.8 Å². The van der Waals surface area contributed by atoms with Gasteiger partial charge in [-0.2, -0.15) is 4.98 Å². The third kappa shape index (κ3) is 2.05. The molecule has 0 fully saturated rings. The largest absolute Gasteiger partial charge is 0.348 e. The lowest BCUT2D eigenvalue weighted by Gasteiger charge is -2.34. The molecule has 1 aliphatic rings. The molecule has 22 heavy (non-hydrogen) atoms. The second-order valence-electron chi connectivity index (χ2n) is 5.46. The summed E-state index contributed by atoms with van der Waals surface area (Å²) in [6.07, 6.45) is 5.70. The van der Waals surface area contributed by atoms with Crippen LogP contribution in [0.2, 0.25) is 0 Å². The van der Waals surface area contributed by atoms with Gasteiger partial charge in [0.25, 0.3) is 5.78 Å². The van der Waals surface area contributed by atoms with Crippen molar-refractivity contribution in [1.29, 1.82) is 0 Å². The Morgan fingerprint density at radius 1 is 1.32 bits per heavy atom. The lowest BCUT2D eigenvalue weighted by Crippen LogP contribution is -2.41. The molecule has 1 atom stereocenters. The van der Waals surface area contributed by atoms with Crippen LogP contribution in [0.25, 0.3) is 5.78 Å². The summed E-state index contributed by atoms with van der Waals surface area (Å²) in [6.45, 7) is 3.60. The van der Waals surface area contributed by atoms with E-state index in [2.05, 4.69) is 38.8 Å². The smallest absolute Gasteiger partial charge is 0.252 e. The van der Waals surface area contributed by atoms with Gasteiger partial charge in [0, 0.05) is 37.4 Å². The monoisotopic (exact) mass is 296 g/mol. The van der Waals surface area contributed by atoms with E-state index in [1.165, 1.54) is 5.69 Å². The topological polar surface area (TPSA) is 68.3 Å². The molecule has 0 radical (unpaired) electrons. The Morgan fingerprint density at radius 3 is 3.09 bits per heavy atom. The normalized spacial score (nSPS) is 17.7. The molecule has 4 heterocycles. The predicted octanol–water partition coefficient (Wildman–Crippen LogP) is 1.07. The molecule has 0 saturated carbocycles. The lowest BCUT2D eigenvalue weighted by molar-refractivity contribution is -0.133. The molecule has 0 aliphatic carbocycles. The average Bonchev–Trinajstić information content (AvgIpc) is 3.13. The van der Waals surface area contributed by atoms with Crippen molar-refractivity contribution < 1.29 is 4.79 Å². The van der Waals surface area contributed by atoms with Crippen molar-refractivity contribution in [1.82, 2.24) is 29.0 Å². The van der Waals surface area contributed by atoms with Crippen LogP contribution in [0.1, 0.15) is 24.5 Å². The molecule has 0 saturated heterocycles. The average molecular weight is 296 g/mol. The predicted molar refractivity (Wildman–Crippen MR) is 79.0 cm³/mol. The van der Waals surface area contributed by atoms with Gasteiger partial charge in [-0.3, -0.25) is 4.79 Å². The molecule has 4 rings (SSSR count). The number of amides is 1. The van der Waals surface area contributed by atoms with Crippen molar-refractivity contribution in [2.75, 3.05) is 6.54 Å². The van der Waals surface area contributed by atoms with E-state index in [0.29, 0.717) is 18.1 Å². The Morgan fingerprint density at radius 2 is 2.23 bits per heavy atom. The number of fused-ring (bicyclic) bond motifs is 2. The first-order chi connectivity index (χ1) is 10.7. The minimum absolute atomic E-state index is 0.0517. The van der Waals surface area contributed by atoms with E-state index < -0.39 is 0 Å². The molecule has 1 aliphatic heterocycles. The van der Waals surface area contributed by atoms with Gasteiger partial charge in [-0.15, -0.1) is 5.10 Å². The van der Waals surface area contributed by atoms with Gasteiger partial charge < -0.3 is 9.47 Å². The zero-order valence-corrected chi connectivity index (χ0v) is 12.3. The number of aromatic nitrogens is 5. The third-order valence-corrected chi connectivity index (χ3v) is 4.13. The summed E-state index contributed by atoms with van der Waals surface area (Å²) in [4.78, 5) is 22.9. The quantitative estimate of drug-likeness (QED) is 0.709. The van der Waals surface area contributed by atoms with Crippen LogP contribution < -0.4 is 0 Å². The van der Waals surface area contributed by atoms with E-state index in [4.69, 9.17) is 0 Å². The number of hydrogen-bond acceptors (Lipinski definition) is 4. The van der Waals surface area contributed by atoms with Crippen LogP contribution in [0.15, 0.2) is 36.8 Å². The molecule has 0 bridgehead atoms. The zero-order valence-electron chi connectivity index (χ0n) is 12.3. The minimum Gasteiger partial charge on any atom is -0.348 e. The van der Waals surface area contributed by atoms with Crippen LogP contribution in [0.3, 0.4) is 0 Å². The van der Waals surface area contributed by atoms with Gasteiger partial charge in [0.2, 0.25) is 5.91 Å². The SMILES string of the molecule is CC1c2cccn2CCN1C(=O)Cc1nc2ncccn2n1. The fourth-order valence-corrected chi connectivity index (χ4v) is 3.01. The highest BCUT2D eigenvalue weighted by Gasteiger charge is 2.28. The van der Waals surface area contributed by atoms with Crippen molar-refractivity contribution in [2.45, 2.75) is 25.9 Å². The van der Waals surface area contributed by atoms with Crippen molar-refractivity contribution in [3.8, 4) is 0 Å². The van der Waals surface area contributed by atoms with E-state index in [0.717, 1.165) is 6.54 Å². The lowest BCUT2D eigenvalue weighted by atomic mass is 10.1. The summed E-state index contributed by atoms with van der Waals surface area (Å²) in [5.41, 5.74) is 1.17. The summed E-state index contributed by atoms with van der Waals surface area (Å²) < 4.78 is 3.79. The number of carbonyl (C=O) groups excluding carboxylic acids is 1. The summed E-state index contributed by atoms with van der Waals surface area (Å²) >= 11 is 0. The third-order valence-electron chi connectivity index (χ3n) is 4.13. The number of rotatable bonds is 2. The van der Waals surface area contributed by atoms with E-state index in [-0.39, 0.29) is 18.4 Å². The van der Waals surface area contributed by atoms with Crippen LogP contribution in [0.4, 0.5) is 0 Å². The van der Waals surface area contributed by atoms with Gasteiger partial charge in [0.05, 0.1) is 12.5 Å². The molecule has 1 amide bonds. The molecular weight excluding hydrogens is 280 g/mol. The molecule has 0 aromatic carbocycles. The first-order valence-corrected chi connectivity index (χ1v) is 7.33. The molecule has 7 heteroatoms. The van der Waals surface area contributed by atoms with Crippen molar-refractivity contribution in [3.63, 3.8) is 0 Å². The van der Waals surface area contributed by atoms with Crippen molar-refractivity contribution in [2.24, 2.45) is 0 Å². The molecule has 7 nitrogen and oxygen atoms in total. The van der Waals surface area contributed by atoms with Gasteiger partial charge in [-0.1, -0.05) is 0 Å². The van der Waals surface area contributed by atoms with Crippen molar-refractivity contribution in [3.05, 3.63) is 48.3 Å². The highest BCUT2D eigenvalue weighted by molar-refractivity contribution is 5.78. The van der Waals surface area contributed by atoms with Gasteiger partial charge in [0.1, 0.15) is 0 Å². The second kappa shape index (κ2) is 4.94. The van der Waals surface area contributed by atoms with Crippen LogP contribution >= 0.6 is 0 Å². The van der Waals surface area contributed by atoms with E-state index in [1.807, 2.05) is 11.0 Å². The maximum Gasteiger partial charge on any atom is 0.252 e. The Labute approximate surface area is 127 Å². The van der Waals surface area contributed by atoms with E-state index >= 15 is 0 Å². The van der Waals surface area contributed by atoms with Crippen LogP contribution in [0.5, 0.6) is 0 Å². The summed E-state index contributed by atoms with van der Waals surface area (Å²) in [6, 6.07) is 5.95. The van der Waals surface area contributed by atoms with Gasteiger partial charge >= 0.3 is 0 Å². The number of carbonyl (C=O) groups is 1. The molecule has 1 unspecified atom stereocenters. The molecular formula is C15H16N6O. The summed E-state index contributed by atoms with van der Waals surface area (Å²) in [5, 5.41) is 4.30. The first kappa shape index (κ1) is 13.0. The standard InChI is InChI=1S/C15H16N6O/c1-11-12-4-2-6-19(12)8-9-20(11)14(22)10-13-17-15-16-5-3-7-21(15)18-13/h2-7,11H,8-10H2,1H3. The Kier molecular flexibility index (Phi) is 2.92. The summed E-state index contributed by atoms with van der Waals surface area (Å²) in [5.74, 6) is 1.08. The number of nitrogens with zero attached hydrogens (tertiary/aromatic N) is 6. The highest BCUT2D eigenvalue weighted by Crippen LogP contribution is 2.25. The fourth-order valence-electron chi connectivity index (χ4n) is 3.01. The molecule has 3 aromatic rings.